The molecule has 0 amide bonds. The van der Waals surface area contributed by atoms with Crippen LogP contribution in [0.2, 0.25) is 0 Å². The van der Waals surface area contributed by atoms with E-state index in [1.807, 2.05) is 18.4 Å². The summed E-state index contributed by atoms with van der Waals surface area (Å²) in [7, 11) is 0. The van der Waals surface area contributed by atoms with Crippen LogP contribution in [-0.2, 0) is 10.5 Å². The van der Waals surface area contributed by atoms with Gasteiger partial charge in [0, 0.05) is 5.75 Å². The molecule has 0 saturated heterocycles. The van der Waals surface area contributed by atoms with Crippen LogP contribution >= 0.6 is 35.7 Å². The third-order valence-electron chi connectivity index (χ3n) is 2.04. The van der Waals surface area contributed by atoms with Crippen molar-refractivity contribution in [3.8, 4) is 0 Å². The van der Waals surface area contributed by atoms with E-state index in [0.717, 1.165) is 14.8 Å². The number of carbonyl (C=O) groups excluding carboxylic acids is 1. The highest BCUT2D eigenvalue weighted by Gasteiger charge is 2.06. The molecule has 0 aliphatic carbocycles. The Hall–Kier alpha value is -0.560. The van der Waals surface area contributed by atoms with Gasteiger partial charge in [0.05, 0.1) is 12.2 Å². The van der Waals surface area contributed by atoms with Gasteiger partial charge < -0.3 is 9.84 Å². The second kappa shape index (κ2) is 8.53. The van der Waals surface area contributed by atoms with Crippen molar-refractivity contribution in [1.82, 2.24) is 0 Å². The number of ether oxygens (including phenoxy) is 1. The molecule has 0 bridgehead atoms. The maximum absolute atomic E-state index is 11.5. The van der Waals surface area contributed by atoms with Crippen molar-refractivity contribution >= 4 is 45.2 Å². The summed E-state index contributed by atoms with van der Waals surface area (Å²) in [6, 6.07) is 7.20. The van der Waals surface area contributed by atoms with Gasteiger partial charge in [-0.25, -0.2) is 4.79 Å². The number of thioether (sulfide) groups is 2. The predicted octanol–water partition coefficient (Wildman–Crippen LogP) is 2.72. The fourth-order valence-corrected chi connectivity index (χ4v) is 2.46. The summed E-state index contributed by atoms with van der Waals surface area (Å²) in [5.41, 5.74) is 1.60. The smallest absolute Gasteiger partial charge is 0.338 e. The lowest BCUT2D eigenvalue weighted by Crippen LogP contribution is -2.08. The summed E-state index contributed by atoms with van der Waals surface area (Å²) in [4.78, 5) is 11.5. The van der Waals surface area contributed by atoms with Crippen molar-refractivity contribution in [1.29, 1.82) is 0 Å². The van der Waals surface area contributed by atoms with E-state index in [1.54, 1.807) is 35.7 Å². The summed E-state index contributed by atoms with van der Waals surface area (Å²) >= 11 is 8.26. The molecular weight excluding hydrogens is 288 g/mol. The molecule has 0 spiro atoms. The van der Waals surface area contributed by atoms with E-state index in [2.05, 4.69) is 0 Å². The van der Waals surface area contributed by atoms with Crippen LogP contribution in [0.4, 0.5) is 0 Å². The van der Waals surface area contributed by atoms with Gasteiger partial charge in [-0.3, -0.25) is 0 Å². The molecule has 6 heteroatoms. The molecule has 1 aromatic carbocycles. The van der Waals surface area contributed by atoms with Crippen LogP contribution < -0.4 is 0 Å². The molecule has 18 heavy (non-hydrogen) atoms. The average molecular weight is 302 g/mol. The first-order valence-electron chi connectivity index (χ1n) is 5.25. The number of rotatable bonds is 5. The highest BCUT2D eigenvalue weighted by atomic mass is 32.2. The van der Waals surface area contributed by atoms with Crippen molar-refractivity contribution in [2.45, 2.75) is 5.75 Å². The van der Waals surface area contributed by atoms with Gasteiger partial charge in [0.2, 0.25) is 0 Å². The van der Waals surface area contributed by atoms with Crippen LogP contribution in [0.25, 0.3) is 0 Å². The van der Waals surface area contributed by atoms with Crippen LogP contribution in [0.1, 0.15) is 15.9 Å². The Morgan fingerprint density at radius 1 is 1.39 bits per heavy atom. The Morgan fingerprint density at radius 2 is 2.06 bits per heavy atom. The lowest BCUT2D eigenvalue weighted by molar-refractivity contribution is 0.0434. The Balaban J connectivity index is 2.51. The van der Waals surface area contributed by atoms with Crippen LogP contribution in [0.15, 0.2) is 24.3 Å². The van der Waals surface area contributed by atoms with Crippen molar-refractivity contribution in [2.75, 3.05) is 19.5 Å². The molecule has 0 heterocycles. The normalized spacial score (nSPS) is 10.1. The molecule has 0 atom stereocenters. The third kappa shape index (κ3) is 5.39. The monoisotopic (exact) mass is 302 g/mol. The number of hydrogen-bond donors (Lipinski definition) is 1. The molecule has 98 valence electrons. The lowest BCUT2D eigenvalue weighted by atomic mass is 10.1. The summed E-state index contributed by atoms with van der Waals surface area (Å²) in [5.74, 6) is 0.383. The van der Waals surface area contributed by atoms with Gasteiger partial charge in [-0.1, -0.05) is 24.4 Å². The number of carbonyl (C=O) groups is 1. The zero-order chi connectivity index (χ0) is 13.4. The lowest BCUT2D eigenvalue weighted by Gasteiger charge is -2.04. The van der Waals surface area contributed by atoms with E-state index in [9.17, 15) is 4.79 Å². The maximum Gasteiger partial charge on any atom is 0.338 e. The molecule has 0 saturated carbocycles. The number of benzene rings is 1. The molecule has 0 fully saturated rings. The van der Waals surface area contributed by atoms with Gasteiger partial charge in [-0.2, -0.15) is 0 Å². The quantitative estimate of drug-likeness (QED) is 0.666. The summed E-state index contributed by atoms with van der Waals surface area (Å²) < 4.78 is 5.72. The molecule has 1 N–H and O–H groups in total. The van der Waals surface area contributed by atoms with Gasteiger partial charge in [0.1, 0.15) is 10.1 Å². The van der Waals surface area contributed by atoms with E-state index in [1.165, 1.54) is 0 Å². The first-order chi connectivity index (χ1) is 8.67. The first kappa shape index (κ1) is 15.5. The minimum absolute atomic E-state index is 0.0262. The van der Waals surface area contributed by atoms with Crippen molar-refractivity contribution in [3.05, 3.63) is 35.4 Å². The molecule has 0 aliphatic rings. The van der Waals surface area contributed by atoms with Crippen LogP contribution in [-0.4, -0.2) is 34.1 Å². The fourth-order valence-electron chi connectivity index (χ4n) is 1.16. The van der Waals surface area contributed by atoms with E-state index in [4.69, 9.17) is 22.1 Å². The van der Waals surface area contributed by atoms with Gasteiger partial charge in [-0.05, 0) is 24.0 Å². The highest BCUT2D eigenvalue weighted by molar-refractivity contribution is 8.46. The Morgan fingerprint density at radius 3 is 2.61 bits per heavy atom. The predicted molar refractivity (Wildman–Crippen MR) is 81.2 cm³/mol. The number of esters is 1. The minimum atomic E-state index is -0.414. The fraction of sp³-hybridized carbons (Fsp3) is 0.333. The number of thiocarbonyl (C=S) groups is 1. The Bertz CT molecular complexity index is 404. The first-order valence-corrected chi connectivity index (χ1v) is 7.87. The van der Waals surface area contributed by atoms with Gasteiger partial charge in [-0.15, -0.1) is 23.5 Å². The third-order valence-corrected chi connectivity index (χ3v) is 4.79. The van der Waals surface area contributed by atoms with E-state index < -0.39 is 5.97 Å². The van der Waals surface area contributed by atoms with E-state index in [-0.39, 0.29) is 13.2 Å². The van der Waals surface area contributed by atoms with Gasteiger partial charge >= 0.3 is 5.97 Å². The Labute approximate surface area is 120 Å². The molecular formula is C12H14O3S3. The molecule has 3 nitrogen and oxygen atoms in total. The van der Waals surface area contributed by atoms with Crippen molar-refractivity contribution in [3.63, 3.8) is 0 Å². The average Bonchev–Trinajstić information content (AvgIpc) is 2.42. The molecule has 0 aliphatic heterocycles. The summed E-state index contributed by atoms with van der Waals surface area (Å²) in [6.45, 7) is -0.134. The van der Waals surface area contributed by atoms with Crippen LogP contribution in [0, 0.1) is 0 Å². The second-order valence-corrected chi connectivity index (χ2v) is 6.28. The molecule has 1 rings (SSSR count). The van der Waals surface area contributed by atoms with Gasteiger partial charge in [0.15, 0.2) is 0 Å². The zero-order valence-electron chi connectivity index (χ0n) is 9.92. The number of hydrogen-bond acceptors (Lipinski definition) is 6. The van der Waals surface area contributed by atoms with Gasteiger partial charge in [0.25, 0.3) is 0 Å². The second-order valence-electron chi connectivity index (χ2n) is 3.30. The highest BCUT2D eigenvalue weighted by Crippen LogP contribution is 2.20. The maximum atomic E-state index is 11.5. The van der Waals surface area contributed by atoms with Crippen LogP contribution in [0.3, 0.4) is 0 Å². The number of aliphatic hydroxyl groups excluding tert-OH is 1. The van der Waals surface area contributed by atoms with E-state index >= 15 is 0 Å². The van der Waals surface area contributed by atoms with Crippen molar-refractivity contribution in [2.24, 2.45) is 0 Å². The minimum Gasteiger partial charge on any atom is -0.460 e. The standard InChI is InChI=1S/C12H14O3S3/c1-17-12(16)18-8-9-2-4-10(5-3-9)11(14)15-7-6-13/h2-5,13H,6-8H2,1H3. The Kier molecular flexibility index (Phi) is 7.34. The van der Waals surface area contributed by atoms with Crippen molar-refractivity contribution < 1.29 is 14.6 Å². The molecule has 0 radical (unpaired) electrons. The molecule has 0 aromatic heterocycles. The van der Waals surface area contributed by atoms with E-state index in [0.29, 0.717) is 5.56 Å². The topological polar surface area (TPSA) is 46.5 Å². The summed E-state index contributed by atoms with van der Waals surface area (Å²) in [6.07, 6.45) is 1.95. The molecule has 1 aromatic rings. The van der Waals surface area contributed by atoms with Crippen LogP contribution in [0.5, 0.6) is 0 Å². The molecule has 0 unspecified atom stereocenters. The summed E-state index contributed by atoms with van der Waals surface area (Å²) in [5, 5.41) is 8.56. The number of aliphatic hydroxyl groups is 1. The largest absolute Gasteiger partial charge is 0.460 e. The zero-order valence-corrected chi connectivity index (χ0v) is 12.4. The SMILES string of the molecule is CSC(=S)SCc1ccc(C(=O)OCCO)cc1.